The smallest absolute Gasteiger partial charge is 0.223 e. The first kappa shape index (κ1) is 12.6. The third kappa shape index (κ3) is 3.30. The van der Waals surface area contributed by atoms with E-state index in [0.29, 0.717) is 0 Å². The van der Waals surface area contributed by atoms with Gasteiger partial charge in [0, 0.05) is 12.0 Å². The lowest BCUT2D eigenvalue weighted by molar-refractivity contribution is -0.126. The lowest BCUT2D eigenvalue weighted by Crippen LogP contribution is -2.38. The lowest BCUT2D eigenvalue weighted by atomic mass is 9.85. The molecule has 1 aromatic rings. The van der Waals surface area contributed by atoms with Crippen molar-refractivity contribution in [2.24, 2.45) is 11.7 Å². The molecule has 4 heteroatoms. The molecule has 17 heavy (non-hydrogen) atoms. The number of thiophene rings is 1. The van der Waals surface area contributed by atoms with Crippen molar-refractivity contribution in [2.75, 3.05) is 0 Å². The van der Waals surface area contributed by atoms with Gasteiger partial charge < -0.3 is 11.1 Å². The Kier molecular flexibility index (Phi) is 4.18. The number of nitrogens with two attached hydrogens (primary N) is 1. The largest absolute Gasteiger partial charge is 0.349 e. The van der Waals surface area contributed by atoms with Crippen LogP contribution in [0.4, 0.5) is 0 Å². The number of hydrogen-bond donors (Lipinski definition) is 2. The molecule has 1 aliphatic rings. The van der Waals surface area contributed by atoms with E-state index in [1.807, 2.05) is 12.3 Å². The molecule has 3 atom stereocenters. The Morgan fingerprint density at radius 3 is 3.06 bits per heavy atom. The molecular weight excluding hydrogens is 232 g/mol. The number of carbonyl (C=O) groups is 1. The zero-order chi connectivity index (χ0) is 12.3. The Labute approximate surface area is 106 Å². The Balaban J connectivity index is 1.88. The number of rotatable bonds is 3. The number of carbonyl (C=O) groups excluding carboxylic acids is 1. The van der Waals surface area contributed by atoms with Gasteiger partial charge in [0.05, 0.1) is 6.04 Å². The molecule has 2 rings (SSSR count). The predicted molar refractivity (Wildman–Crippen MR) is 70.8 cm³/mol. The molecule has 0 bridgehead atoms. The summed E-state index contributed by atoms with van der Waals surface area (Å²) < 4.78 is 0. The molecule has 0 saturated heterocycles. The Hall–Kier alpha value is -0.870. The molecule has 94 valence electrons. The maximum absolute atomic E-state index is 12.1. The number of amides is 1. The van der Waals surface area contributed by atoms with Crippen LogP contribution in [0, 0.1) is 5.92 Å². The first-order valence-corrected chi connectivity index (χ1v) is 7.19. The predicted octanol–water partition coefficient (Wildman–Crippen LogP) is 2.44. The van der Waals surface area contributed by atoms with Gasteiger partial charge in [-0.05, 0) is 48.6 Å². The molecule has 0 spiro atoms. The highest BCUT2D eigenvalue weighted by Gasteiger charge is 2.26. The van der Waals surface area contributed by atoms with Gasteiger partial charge in [-0.1, -0.05) is 6.42 Å². The van der Waals surface area contributed by atoms with Crippen molar-refractivity contribution < 1.29 is 4.79 Å². The zero-order valence-electron chi connectivity index (χ0n) is 10.2. The SMILES string of the molecule is CC(NC(=O)C1CCCC(N)C1)c1ccsc1. The van der Waals surface area contributed by atoms with Crippen molar-refractivity contribution in [3.05, 3.63) is 22.4 Å². The highest BCUT2D eigenvalue weighted by Crippen LogP contribution is 2.24. The second-order valence-electron chi connectivity index (χ2n) is 4.91. The first-order valence-electron chi connectivity index (χ1n) is 6.25. The molecule has 1 fully saturated rings. The molecule has 3 nitrogen and oxygen atoms in total. The molecule has 0 radical (unpaired) electrons. The highest BCUT2D eigenvalue weighted by molar-refractivity contribution is 7.07. The quantitative estimate of drug-likeness (QED) is 0.868. The molecule has 1 heterocycles. The van der Waals surface area contributed by atoms with Crippen LogP contribution in [0.5, 0.6) is 0 Å². The molecule has 3 unspecified atom stereocenters. The molecule has 0 aliphatic heterocycles. The summed E-state index contributed by atoms with van der Waals surface area (Å²) in [5, 5.41) is 7.20. The van der Waals surface area contributed by atoms with Crippen molar-refractivity contribution in [1.29, 1.82) is 0 Å². The van der Waals surface area contributed by atoms with Crippen molar-refractivity contribution in [1.82, 2.24) is 5.32 Å². The van der Waals surface area contributed by atoms with E-state index in [0.717, 1.165) is 25.7 Å². The minimum Gasteiger partial charge on any atom is -0.349 e. The van der Waals surface area contributed by atoms with Gasteiger partial charge >= 0.3 is 0 Å². The van der Waals surface area contributed by atoms with Crippen LogP contribution in [0.2, 0.25) is 0 Å². The summed E-state index contributed by atoms with van der Waals surface area (Å²) in [4.78, 5) is 12.1. The Morgan fingerprint density at radius 1 is 1.59 bits per heavy atom. The van der Waals surface area contributed by atoms with Gasteiger partial charge in [-0.25, -0.2) is 0 Å². The maximum atomic E-state index is 12.1. The van der Waals surface area contributed by atoms with Crippen molar-refractivity contribution >= 4 is 17.2 Å². The van der Waals surface area contributed by atoms with Crippen LogP contribution < -0.4 is 11.1 Å². The summed E-state index contributed by atoms with van der Waals surface area (Å²) in [5.74, 6) is 0.277. The van der Waals surface area contributed by atoms with Gasteiger partial charge in [0.2, 0.25) is 5.91 Å². The third-order valence-electron chi connectivity index (χ3n) is 3.49. The van der Waals surface area contributed by atoms with Gasteiger partial charge in [0.25, 0.3) is 0 Å². The highest BCUT2D eigenvalue weighted by atomic mass is 32.1. The Morgan fingerprint density at radius 2 is 2.41 bits per heavy atom. The van der Waals surface area contributed by atoms with Gasteiger partial charge in [0.15, 0.2) is 0 Å². The summed E-state index contributed by atoms with van der Waals surface area (Å²) in [7, 11) is 0. The fourth-order valence-corrected chi connectivity index (χ4v) is 3.16. The fourth-order valence-electron chi connectivity index (χ4n) is 2.40. The van der Waals surface area contributed by atoms with Gasteiger partial charge in [-0.2, -0.15) is 11.3 Å². The van der Waals surface area contributed by atoms with Crippen LogP contribution in [-0.2, 0) is 4.79 Å². The van der Waals surface area contributed by atoms with Crippen LogP contribution in [0.1, 0.15) is 44.2 Å². The minimum absolute atomic E-state index is 0.104. The molecular formula is C13H20N2OS. The van der Waals surface area contributed by atoms with Gasteiger partial charge in [-0.3, -0.25) is 4.79 Å². The van der Waals surface area contributed by atoms with Crippen molar-refractivity contribution in [3.8, 4) is 0 Å². The second-order valence-corrected chi connectivity index (χ2v) is 5.69. The first-order chi connectivity index (χ1) is 8.16. The molecule has 0 aromatic carbocycles. The summed E-state index contributed by atoms with van der Waals surface area (Å²) in [6.07, 6.45) is 3.95. The van der Waals surface area contributed by atoms with E-state index in [9.17, 15) is 4.79 Å². The second kappa shape index (κ2) is 5.65. The van der Waals surface area contributed by atoms with Crippen LogP contribution in [0.25, 0.3) is 0 Å². The topological polar surface area (TPSA) is 55.1 Å². The van der Waals surface area contributed by atoms with E-state index < -0.39 is 0 Å². The standard InChI is InChI=1S/C13H20N2OS/c1-9(11-5-6-17-8-11)15-13(16)10-3-2-4-12(14)7-10/h5-6,8-10,12H,2-4,7,14H2,1H3,(H,15,16). The van der Waals surface area contributed by atoms with Crippen LogP contribution in [-0.4, -0.2) is 11.9 Å². The van der Waals surface area contributed by atoms with E-state index in [1.165, 1.54) is 5.56 Å². The van der Waals surface area contributed by atoms with Gasteiger partial charge in [0.1, 0.15) is 0 Å². The van der Waals surface area contributed by atoms with Crippen LogP contribution in [0.15, 0.2) is 16.8 Å². The summed E-state index contributed by atoms with van der Waals surface area (Å²) in [6.45, 7) is 2.03. The molecule has 1 amide bonds. The average molecular weight is 252 g/mol. The van der Waals surface area contributed by atoms with E-state index in [2.05, 4.69) is 16.8 Å². The van der Waals surface area contributed by atoms with E-state index in [-0.39, 0.29) is 23.9 Å². The van der Waals surface area contributed by atoms with E-state index in [1.54, 1.807) is 11.3 Å². The monoisotopic (exact) mass is 252 g/mol. The normalized spacial score (nSPS) is 26.5. The fraction of sp³-hybridized carbons (Fsp3) is 0.615. The average Bonchev–Trinajstić information content (AvgIpc) is 2.82. The van der Waals surface area contributed by atoms with E-state index in [4.69, 9.17) is 5.73 Å². The molecule has 3 N–H and O–H groups in total. The zero-order valence-corrected chi connectivity index (χ0v) is 11.0. The van der Waals surface area contributed by atoms with Crippen LogP contribution >= 0.6 is 11.3 Å². The molecule has 1 aromatic heterocycles. The summed E-state index contributed by atoms with van der Waals surface area (Å²) in [5.41, 5.74) is 7.09. The van der Waals surface area contributed by atoms with Gasteiger partial charge in [-0.15, -0.1) is 0 Å². The number of nitrogens with one attached hydrogen (secondary N) is 1. The summed E-state index contributed by atoms with van der Waals surface area (Å²) >= 11 is 1.66. The van der Waals surface area contributed by atoms with E-state index >= 15 is 0 Å². The summed E-state index contributed by atoms with van der Waals surface area (Å²) in [6, 6.07) is 2.37. The van der Waals surface area contributed by atoms with Crippen LogP contribution in [0.3, 0.4) is 0 Å². The Bertz CT molecular complexity index is 364. The lowest BCUT2D eigenvalue weighted by Gasteiger charge is -2.26. The molecule has 1 saturated carbocycles. The molecule has 1 aliphatic carbocycles. The van der Waals surface area contributed by atoms with Crippen molar-refractivity contribution in [3.63, 3.8) is 0 Å². The number of hydrogen-bond acceptors (Lipinski definition) is 3. The van der Waals surface area contributed by atoms with Crippen molar-refractivity contribution in [2.45, 2.75) is 44.7 Å². The third-order valence-corrected chi connectivity index (χ3v) is 4.19. The minimum atomic E-state index is 0.104. The maximum Gasteiger partial charge on any atom is 0.223 e.